The van der Waals surface area contributed by atoms with E-state index in [1.807, 2.05) is 6.92 Å². The van der Waals surface area contributed by atoms with Gasteiger partial charge in [-0.2, -0.15) is 0 Å². The van der Waals surface area contributed by atoms with Crippen molar-refractivity contribution in [2.45, 2.75) is 57.7 Å². The highest BCUT2D eigenvalue weighted by Gasteiger charge is 2.29. The Kier molecular flexibility index (Phi) is 5.92. The first kappa shape index (κ1) is 19.5. The molecule has 0 amide bonds. The Morgan fingerprint density at radius 1 is 1.07 bits per heavy atom. The maximum atomic E-state index is 12.6. The molecule has 0 spiro atoms. The minimum absolute atomic E-state index is 0.0328. The maximum Gasteiger partial charge on any atom is 0.336 e. The van der Waals surface area contributed by atoms with Crippen LogP contribution in [0.3, 0.4) is 0 Å². The molecule has 1 aromatic heterocycles. The fourth-order valence-corrected chi connectivity index (χ4v) is 2.63. The van der Waals surface area contributed by atoms with Crippen molar-refractivity contribution in [3.8, 4) is 0 Å². The van der Waals surface area contributed by atoms with Crippen molar-refractivity contribution in [1.29, 1.82) is 0 Å². The van der Waals surface area contributed by atoms with Crippen LogP contribution in [0, 0.1) is 0 Å². The highest BCUT2D eigenvalue weighted by Crippen LogP contribution is 2.10. The number of epoxide rings is 2. The zero-order valence-corrected chi connectivity index (χ0v) is 15.0. The summed E-state index contributed by atoms with van der Waals surface area (Å²) < 4.78 is 17.7. The molecule has 11 heteroatoms. The van der Waals surface area contributed by atoms with Gasteiger partial charge in [0.05, 0.1) is 45.1 Å². The summed E-state index contributed by atoms with van der Waals surface area (Å²) in [6.07, 6.45) is -0.923. The second-order valence-corrected chi connectivity index (χ2v) is 6.68. The normalized spacial score (nSPS) is 21.7. The van der Waals surface area contributed by atoms with Gasteiger partial charge in [-0.05, 0) is 6.42 Å². The lowest BCUT2D eigenvalue weighted by Crippen LogP contribution is -2.56. The Balaban J connectivity index is 1.83. The molecule has 0 saturated carbocycles. The molecule has 0 aliphatic carbocycles. The minimum atomic E-state index is -1.26. The molecule has 0 bridgehead atoms. The smallest absolute Gasteiger partial charge is 0.336 e. The number of aliphatic hydroxyl groups is 1. The lowest BCUT2D eigenvalue weighted by atomic mass is 10.3. The van der Waals surface area contributed by atoms with E-state index in [1.165, 1.54) is 0 Å². The number of nitrogens with zero attached hydrogens (tertiary/aromatic N) is 3. The average molecular weight is 385 g/mol. The predicted octanol–water partition coefficient (Wildman–Crippen LogP) is -2.33. The Morgan fingerprint density at radius 2 is 1.56 bits per heavy atom. The molecule has 2 aliphatic heterocycles. The fourth-order valence-electron chi connectivity index (χ4n) is 2.63. The highest BCUT2D eigenvalue weighted by atomic mass is 16.6. The SMILES string of the molecule is CCCC(=O)OCC(O)Cn1c(=O)n(CC2CO2)c(=O)n(CC2CO2)c1=O. The first-order valence-corrected chi connectivity index (χ1v) is 8.92. The lowest BCUT2D eigenvalue weighted by Gasteiger charge is -2.16. The summed E-state index contributed by atoms with van der Waals surface area (Å²) in [7, 11) is 0. The van der Waals surface area contributed by atoms with Crippen LogP contribution in [0.25, 0.3) is 0 Å². The summed E-state index contributed by atoms with van der Waals surface area (Å²) in [5.41, 5.74) is -2.38. The van der Waals surface area contributed by atoms with E-state index < -0.39 is 35.7 Å². The van der Waals surface area contributed by atoms with Crippen LogP contribution in [-0.2, 0) is 38.6 Å². The van der Waals surface area contributed by atoms with E-state index in [1.54, 1.807) is 0 Å². The van der Waals surface area contributed by atoms with E-state index in [-0.39, 0.29) is 38.3 Å². The molecule has 3 unspecified atom stereocenters. The molecule has 2 fully saturated rings. The fraction of sp³-hybridized carbons (Fsp3) is 0.750. The van der Waals surface area contributed by atoms with Gasteiger partial charge < -0.3 is 19.3 Å². The summed E-state index contributed by atoms with van der Waals surface area (Å²) in [5.74, 6) is -0.469. The monoisotopic (exact) mass is 385 g/mol. The van der Waals surface area contributed by atoms with Crippen LogP contribution < -0.4 is 17.1 Å². The van der Waals surface area contributed by atoms with Gasteiger partial charge in [0.25, 0.3) is 0 Å². The van der Waals surface area contributed by atoms with Crippen LogP contribution in [0.1, 0.15) is 19.8 Å². The van der Waals surface area contributed by atoms with Crippen molar-refractivity contribution in [2.75, 3.05) is 19.8 Å². The summed E-state index contributed by atoms with van der Waals surface area (Å²) in [6, 6.07) is 0. The summed E-state index contributed by atoms with van der Waals surface area (Å²) in [6.45, 7) is 2.02. The lowest BCUT2D eigenvalue weighted by molar-refractivity contribution is -0.146. The molecule has 11 nitrogen and oxygen atoms in total. The second-order valence-electron chi connectivity index (χ2n) is 6.68. The van der Waals surface area contributed by atoms with Crippen LogP contribution in [0.5, 0.6) is 0 Å². The number of aliphatic hydroxyl groups excluding tert-OH is 1. The van der Waals surface area contributed by atoms with Crippen molar-refractivity contribution in [1.82, 2.24) is 13.7 Å². The predicted molar refractivity (Wildman–Crippen MR) is 90.6 cm³/mol. The van der Waals surface area contributed by atoms with E-state index in [0.717, 1.165) is 13.7 Å². The number of aromatic nitrogens is 3. The van der Waals surface area contributed by atoms with Crippen LogP contribution in [0.15, 0.2) is 14.4 Å². The molecule has 1 N–H and O–H groups in total. The Bertz CT molecular complexity index is 810. The Hall–Kier alpha value is -2.24. The third-order valence-corrected chi connectivity index (χ3v) is 4.25. The van der Waals surface area contributed by atoms with E-state index in [9.17, 15) is 24.3 Å². The molecular formula is C16H23N3O8. The van der Waals surface area contributed by atoms with Crippen molar-refractivity contribution >= 4 is 5.97 Å². The van der Waals surface area contributed by atoms with Crippen LogP contribution >= 0.6 is 0 Å². The van der Waals surface area contributed by atoms with E-state index in [2.05, 4.69) is 0 Å². The molecule has 3 atom stereocenters. The minimum Gasteiger partial charge on any atom is -0.463 e. The van der Waals surface area contributed by atoms with Gasteiger partial charge in [0.2, 0.25) is 0 Å². The van der Waals surface area contributed by atoms with Gasteiger partial charge in [-0.25, -0.2) is 28.1 Å². The third-order valence-electron chi connectivity index (χ3n) is 4.25. The second kappa shape index (κ2) is 8.19. The van der Waals surface area contributed by atoms with E-state index >= 15 is 0 Å². The van der Waals surface area contributed by atoms with Crippen molar-refractivity contribution < 1.29 is 24.1 Å². The van der Waals surface area contributed by atoms with Gasteiger partial charge in [0.15, 0.2) is 0 Å². The first-order chi connectivity index (χ1) is 12.9. The third kappa shape index (κ3) is 4.93. The van der Waals surface area contributed by atoms with Gasteiger partial charge in [0.1, 0.15) is 12.7 Å². The van der Waals surface area contributed by atoms with E-state index in [0.29, 0.717) is 19.6 Å². The largest absolute Gasteiger partial charge is 0.463 e. The zero-order chi connectivity index (χ0) is 19.6. The average Bonchev–Trinajstić information content (AvgIpc) is 3.53. The van der Waals surface area contributed by atoms with Crippen molar-refractivity contribution in [2.24, 2.45) is 0 Å². The van der Waals surface area contributed by atoms with Gasteiger partial charge in [-0.3, -0.25) is 4.79 Å². The van der Waals surface area contributed by atoms with Crippen molar-refractivity contribution in [3.05, 3.63) is 31.5 Å². The molecular weight excluding hydrogens is 362 g/mol. The number of hydrogen-bond donors (Lipinski definition) is 1. The summed E-state index contributed by atoms with van der Waals surface area (Å²) in [5, 5.41) is 10.1. The standard InChI is InChI=1S/C16H23N3O8/c1-2-3-13(21)27-7-10(20)4-17-14(22)18(5-11-8-25-11)16(24)19(15(17)23)6-12-9-26-12/h10-12,20H,2-9H2,1H3. The number of carbonyl (C=O) groups is 1. The molecule has 1 aromatic rings. The zero-order valence-electron chi connectivity index (χ0n) is 15.0. The van der Waals surface area contributed by atoms with Gasteiger partial charge in [-0.15, -0.1) is 0 Å². The van der Waals surface area contributed by atoms with Crippen LogP contribution in [0.4, 0.5) is 0 Å². The number of hydrogen-bond acceptors (Lipinski definition) is 8. The number of ether oxygens (including phenoxy) is 3. The van der Waals surface area contributed by atoms with Crippen LogP contribution in [-0.4, -0.2) is 62.9 Å². The van der Waals surface area contributed by atoms with Gasteiger partial charge in [0, 0.05) is 6.42 Å². The van der Waals surface area contributed by atoms with Crippen LogP contribution in [0.2, 0.25) is 0 Å². The number of esters is 1. The Morgan fingerprint density at radius 3 is 2.00 bits per heavy atom. The topological polar surface area (TPSA) is 138 Å². The number of carbonyl (C=O) groups excluding carboxylic acids is 1. The van der Waals surface area contributed by atoms with Crippen molar-refractivity contribution in [3.63, 3.8) is 0 Å². The summed E-state index contributed by atoms with van der Waals surface area (Å²) >= 11 is 0. The maximum absolute atomic E-state index is 12.6. The molecule has 150 valence electrons. The quantitative estimate of drug-likeness (QED) is 0.350. The van der Waals surface area contributed by atoms with Gasteiger partial charge >= 0.3 is 23.0 Å². The Labute approximate surface area is 153 Å². The number of rotatable bonds is 10. The molecule has 3 rings (SSSR count). The highest BCUT2D eigenvalue weighted by molar-refractivity contribution is 5.69. The summed E-state index contributed by atoms with van der Waals surface area (Å²) in [4.78, 5) is 49.2. The first-order valence-electron chi connectivity index (χ1n) is 8.92. The molecule has 27 heavy (non-hydrogen) atoms. The van der Waals surface area contributed by atoms with Gasteiger partial charge in [-0.1, -0.05) is 6.92 Å². The molecule has 2 aliphatic rings. The van der Waals surface area contributed by atoms with E-state index in [4.69, 9.17) is 14.2 Å². The molecule has 3 heterocycles. The molecule has 2 saturated heterocycles. The molecule has 0 aromatic carbocycles. The molecule has 0 radical (unpaired) electrons.